The van der Waals surface area contributed by atoms with Gasteiger partial charge in [-0.15, -0.1) is 0 Å². The van der Waals surface area contributed by atoms with Crippen molar-refractivity contribution in [2.24, 2.45) is 52.1 Å². The molecule has 0 radical (unpaired) electrons. The number of carbonyl (C=O) groups excluding carboxylic acids is 5. The van der Waals surface area contributed by atoms with Crippen LogP contribution >= 0.6 is 0 Å². The number of phenols is 2. The number of hydrogen-bond donors (Lipinski definition) is 11. The molecule has 7 aliphatic rings. The number of ketones is 3. The van der Waals surface area contributed by atoms with Crippen LogP contribution in [0, 0.1) is 46.3 Å². The second-order valence-electron chi connectivity index (χ2n) is 24.1. The van der Waals surface area contributed by atoms with E-state index in [2.05, 4.69) is 31.4 Å². The first-order valence-electron chi connectivity index (χ1n) is 27.6. The predicted octanol–water partition coefficient (Wildman–Crippen LogP) is 3.15. The minimum atomic E-state index is -2.39. The number of fused-ring (bicyclic) bond motifs is 8. The molecule has 4 saturated carbocycles. The number of nitrogens with two attached hydrogens (primary N) is 1. The summed E-state index contributed by atoms with van der Waals surface area (Å²) in [6, 6.07) is 2.23. The Bertz CT molecular complexity index is 2590. The Morgan fingerprint density at radius 1 is 0.921 bits per heavy atom. The van der Waals surface area contributed by atoms with E-state index >= 15 is 0 Å². The molecule has 1 heterocycles. The number of phenolic OH excluding ortho intramolecular Hbond substituents is 2. The minimum Gasteiger partial charge on any atom is -0.507 e. The number of aliphatic hydroxyl groups is 6. The lowest BCUT2D eigenvalue weighted by atomic mass is 9.43. The summed E-state index contributed by atoms with van der Waals surface area (Å²) >= 11 is 0. The van der Waals surface area contributed by atoms with Gasteiger partial charge in [0.15, 0.2) is 17.9 Å². The first-order valence-corrected chi connectivity index (χ1v) is 27.6. The number of aliphatic hydroxyl groups excluding tert-OH is 5. The Morgan fingerprint density at radius 2 is 1.66 bits per heavy atom. The zero-order valence-corrected chi connectivity index (χ0v) is 44.3. The average Bonchev–Trinajstić information content (AvgIpc) is 3.83. The maximum absolute atomic E-state index is 14.3. The SMILES string of the molecule is COc1cccc2c1C(=O)c1c(O)c3c(c(O)c1C2=O)C[C@@](O)(C(=O)CO)C[C@@H]3O[C@H]1C[C@H](NC(=O)[C@H](CCCCN)NC(=O)CC[C@@H](C)[C@H]2CC[C@H]3[C@@H]4[C@H](O)C[C@@H]5C[C@H](O)CC[C@]5(C)[C@H]4C[C@H](O)[C@]23C)[C@H](O)[C@H](C)O1. The Morgan fingerprint density at radius 3 is 2.37 bits per heavy atom. The number of ether oxygens (including phenoxy) is 3. The number of benzene rings is 2. The molecule has 2 aromatic rings. The van der Waals surface area contributed by atoms with Gasteiger partial charge in [0.05, 0.1) is 60.4 Å². The highest BCUT2D eigenvalue weighted by Gasteiger charge is 2.66. The molecular formula is C57H79N3O16. The lowest BCUT2D eigenvalue weighted by molar-refractivity contribution is -0.249. The zero-order valence-electron chi connectivity index (χ0n) is 44.3. The van der Waals surface area contributed by atoms with Crippen molar-refractivity contribution in [2.75, 3.05) is 20.3 Å². The largest absolute Gasteiger partial charge is 0.507 e. The van der Waals surface area contributed by atoms with Crippen molar-refractivity contribution in [1.29, 1.82) is 0 Å². The van der Waals surface area contributed by atoms with Gasteiger partial charge in [-0.1, -0.05) is 32.9 Å². The van der Waals surface area contributed by atoms with Crippen LogP contribution in [0.25, 0.3) is 0 Å². The Hall–Kier alpha value is -4.57. The third-order valence-corrected chi connectivity index (χ3v) is 20.0. The molecular weight excluding hydrogens is 983 g/mol. The van der Waals surface area contributed by atoms with Gasteiger partial charge in [-0.3, -0.25) is 24.0 Å². The summed E-state index contributed by atoms with van der Waals surface area (Å²) in [6.07, 6.45) is -0.859. The lowest BCUT2D eigenvalue weighted by Crippen LogP contribution is -2.62. The molecule has 1 aliphatic heterocycles. The van der Waals surface area contributed by atoms with Gasteiger partial charge >= 0.3 is 0 Å². The van der Waals surface area contributed by atoms with Gasteiger partial charge in [0.25, 0.3) is 0 Å². The van der Waals surface area contributed by atoms with Crippen LogP contribution in [0.1, 0.15) is 167 Å². The Labute approximate surface area is 443 Å². The first kappa shape index (κ1) is 56.2. The summed E-state index contributed by atoms with van der Waals surface area (Å²) in [5.41, 5.74) is 1.09. The van der Waals surface area contributed by atoms with Crippen LogP contribution in [0.4, 0.5) is 0 Å². The number of hydrogen-bond acceptors (Lipinski definition) is 17. The lowest BCUT2D eigenvalue weighted by Gasteiger charge is -2.63. The molecule has 6 aliphatic carbocycles. The van der Waals surface area contributed by atoms with Crippen molar-refractivity contribution >= 4 is 29.2 Å². The zero-order chi connectivity index (χ0) is 54.9. The van der Waals surface area contributed by atoms with Crippen molar-refractivity contribution in [1.82, 2.24) is 10.6 Å². The monoisotopic (exact) mass is 1060 g/mol. The van der Waals surface area contributed by atoms with Gasteiger partial charge in [0.1, 0.15) is 41.6 Å². The third kappa shape index (κ3) is 9.56. The third-order valence-electron chi connectivity index (χ3n) is 20.0. The van der Waals surface area contributed by atoms with Crippen LogP contribution in [0.15, 0.2) is 18.2 Å². The van der Waals surface area contributed by atoms with Crippen molar-refractivity contribution in [3.8, 4) is 17.2 Å². The standard InChI is InChI=1S/C57H79N3O16/c1-26(32-13-14-33-46-34(21-40(64)56(32,33)4)55(3)17-16-29(62)19-28(55)20-37(46)63)12-15-42(66)59-35(10-6-7-18-58)54(72)60-36-22-43(75-27(2)49(36)67)76-39-24-57(73,41(65)25-61)23-31-45(39)53(71)48-47(51(31)69)50(68)30-9-8-11-38(74-5)44(30)52(48)70/h8-9,11,26-29,32-37,39-40,43,46,49,61-64,67,69,71,73H,6-7,10,12-25,58H2,1-5H3,(H,59,66)(H,60,72)/t26-,27+,28+,29-,32-,33+,34+,35+,36+,37-,39+,40+,43+,46+,49-,55+,56-,57+/m1/s1. The van der Waals surface area contributed by atoms with Crippen LogP contribution in [0.2, 0.25) is 0 Å². The molecule has 2 aromatic carbocycles. The molecule has 0 unspecified atom stereocenters. The number of unbranched alkanes of at least 4 members (excludes halogenated alkanes) is 1. The smallest absolute Gasteiger partial charge is 0.242 e. The number of Topliss-reactive ketones (excluding diaryl/α,β-unsaturated/α-hetero) is 1. The van der Waals surface area contributed by atoms with Crippen LogP contribution in [0.5, 0.6) is 17.2 Å². The quantitative estimate of drug-likeness (QED) is 0.0725. The van der Waals surface area contributed by atoms with Crippen molar-refractivity contribution < 1.29 is 79.0 Å². The molecule has 0 spiro atoms. The molecule has 0 aromatic heterocycles. The number of aromatic hydroxyl groups is 2. The van der Waals surface area contributed by atoms with Crippen LogP contribution in [0.3, 0.4) is 0 Å². The van der Waals surface area contributed by atoms with Crippen molar-refractivity contribution in [3.05, 3.63) is 51.6 Å². The summed E-state index contributed by atoms with van der Waals surface area (Å²) < 4.78 is 17.8. The van der Waals surface area contributed by atoms with Gasteiger partial charge < -0.3 is 71.4 Å². The number of carbonyl (C=O) groups is 5. The van der Waals surface area contributed by atoms with E-state index in [1.54, 1.807) is 0 Å². The summed E-state index contributed by atoms with van der Waals surface area (Å²) in [7, 11) is 1.31. The molecule has 1 saturated heterocycles. The van der Waals surface area contributed by atoms with Gasteiger partial charge in [0, 0.05) is 42.4 Å². The highest BCUT2D eigenvalue weighted by Crippen LogP contribution is 2.68. The molecule has 0 bridgehead atoms. The van der Waals surface area contributed by atoms with Crippen molar-refractivity contribution in [2.45, 2.75) is 185 Å². The van der Waals surface area contributed by atoms with E-state index < -0.39 is 125 Å². The van der Waals surface area contributed by atoms with Gasteiger partial charge in [0.2, 0.25) is 17.6 Å². The van der Waals surface area contributed by atoms with Gasteiger partial charge in [-0.2, -0.15) is 0 Å². The van der Waals surface area contributed by atoms with E-state index in [9.17, 15) is 64.8 Å². The maximum atomic E-state index is 14.3. The fourth-order valence-corrected chi connectivity index (χ4v) is 15.9. The Kier molecular flexibility index (Phi) is 15.9. The van der Waals surface area contributed by atoms with E-state index in [1.807, 2.05) is 0 Å². The van der Waals surface area contributed by atoms with Crippen LogP contribution in [-0.4, -0.2) is 145 Å². The van der Waals surface area contributed by atoms with E-state index in [0.29, 0.717) is 45.1 Å². The molecule has 76 heavy (non-hydrogen) atoms. The summed E-state index contributed by atoms with van der Waals surface area (Å²) in [4.78, 5) is 69.5. The summed E-state index contributed by atoms with van der Waals surface area (Å²) in [5.74, 6) is -4.44. The average molecular weight is 1060 g/mol. The number of methoxy groups -OCH3 is 1. The molecule has 19 heteroatoms. The predicted molar refractivity (Wildman–Crippen MR) is 273 cm³/mol. The molecule has 5 fully saturated rings. The van der Waals surface area contributed by atoms with E-state index in [1.165, 1.54) is 32.2 Å². The molecule has 418 valence electrons. The maximum Gasteiger partial charge on any atom is 0.242 e. The number of rotatable bonds is 16. The van der Waals surface area contributed by atoms with E-state index in [4.69, 9.17) is 19.9 Å². The Balaban J connectivity index is 0.887. The highest BCUT2D eigenvalue weighted by atomic mass is 16.7. The van der Waals surface area contributed by atoms with Crippen LogP contribution in [-0.2, 0) is 30.3 Å². The normalized spacial score (nSPS) is 37.3. The molecule has 9 rings (SSSR count). The van der Waals surface area contributed by atoms with E-state index in [-0.39, 0.29) is 100 Å². The molecule has 19 nitrogen and oxygen atoms in total. The van der Waals surface area contributed by atoms with E-state index in [0.717, 1.165) is 25.7 Å². The first-order chi connectivity index (χ1) is 36.0. The van der Waals surface area contributed by atoms with Gasteiger partial charge in [-0.25, -0.2) is 0 Å². The summed E-state index contributed by atoms with van der Waals surface area (Å²) in [5, 5.41) is 97.1. The van der Waals surface area contributed by atoms with Gasteiger partial charge in [-0.05, 0) is 137 Å². The number of nitrogens with one attached hydrogen (secondary N) is 2. The second kappa shape index (κ2) is 21.6. The topological polar surface area (TPSA) is 325 Å². The molecule has 18 atom stereocenters. The molecule has 12 N–H and O–H groups in total. The molecule has 2 amide bonds. The number of amides is 2. The van der Waals surface area contributed by atoms with Crippen molar-refractivity contribution in [3.63, 3.8) is 0 Å². The van der Waals surface area contributed by atoms with Crippen LogP contribution < -0.4 is 21.1 Å². The second-order valence-corrected chi connectivity index (χ2v) is 24.1. The fraction of sp³-hybridized carbons (Fsp3) is 0.702. The minimum absolute atomic E-state index is 0.0366. The summed E-state index contributed by atoms with van der Waals surface area (Å²) in [6.45, 7) is 7.38. The fourth-order valence-electron chi connectivity index (χ4n) is 15.9. The highest BCUT2D eigenvalue weighted by molar-refractivity contribution is 6.31.